The van der Waals surface area contributed by atoms with E-state index in [1.807, 2.05) is 30.3 Å². The molecule has 8 rings (SSSR count). The molecule has 0 bridgehead atoms. The van der Waals surface area contributed by atoms with Gasteiger partial charge in [-0.1, -0.05) is 137 Å². The summed E-state index contributed by atoms with van der Waals surface area (Å²) < 4.78 is 6.44. The van der Waals surface area contributed by atoms with Gasteiger partial charge in [-0.3, -0.25) is 0 Å². The Balaban J connectivity index is 1.31. The van der Waals surface area contributed by atoms with Crippen LogP contribution in [0.25, 0.3) is 78.1 Å². The highest BCUT2D eigenvalue weighted by molar-refractivity contribution is 6.13. The number of fused-ring (bicyclic) bond motifs is 6. The van der Waals surface area contributed by atoms with Gasteiger partial charge in [-0.25, -0.2) is 15.0 Å². The van der Waals surface area contributed by atoms with Crippen LogP contribution in [0, 0.1) is 0 Å². The fourth-order valence-corrected chi connectivity index (χ4v) is 7.28. The van der Waals surface area contributed by atoms with Gasteiger partial charge < -0.3 is 4.42 Å². The molecule has 0 saturated heterocycles. The molecule has 5 aromatic carbocycles. The van der Waals surface area contributed by atoms with Crippen molar-refractivity contribution in [1.29, 1.82) is 0 Å². The lowest BCUT2D eigenvalue weighted by atomic mass is 9.79. The number of rotatable bonds is 7. The predicted octanol–water partition coefficient (Wildman–Crippen LogP) is 11.9. The van der Waals surface area contributed by atoms with Crippen LogP contribution in [0.2, 0.25) is 0 Å². The first-order valence-corrected chi connectivity index (χ1v) is 16.5. The topological polar surface area (TPSA) is 51.8 Å². The smallest absolute Gasteiger partial charge is 0.164 e. The van der Waals surface area contributed by atoms with Crippen molar-refractivity contribution < 1.29 is 4.42 Å². The second-order valence-electron chi connectivity index (χ2n) is 13.1. The van der Waals surface area contributed by atoms with E-state index in [4.69, 9.17) is 19.4 Å². The Bertz CT molecular complexity index is 2530. The third-order valence-electron chi connectivity index (χ3n) is 9.76. The minimum Gasteiger partial charge on any atom is -0.456 e. The van der Waals surface area contributed by atoms with Crippen LogP contribution in [-0.4, -0.2) is 15.0 Å². The largest absolute Gasteiger partial charge is 0.456 e. The van der Waals surface area contributed by atoms with Crippen LogP contribution in [0.3, 0.4) is 0 Å². The molecule has 0 fully saturated rings. The lowest BCUT2D eigenvalue weighted by Gasteiger charge is -2.24. The fraction of sp³-hybridized carbons (Fsp3) is 0.0889. The average Bonchev–Trinajstić information content (AvgIpc) is 3.63. The minimum absolute atomic E-state index is 0.134. The zero-order chi connectivity index (χ0) is 33.9. The first-order valence-electron chi connectivity index (χ1n) is 16.5. The van der Waals surface area contributed by atoms with E-state index in [0.717, 1.165) is 49.8 Å². The molecule has 0 aliphatic heterocycles. The van der Waals surface area contributed by atoms with Crippen LogP contribution in [-0.2, 0) is 5.41 Å². The van der Waals surface area contributed by atoms with E-state index < -0.39 is 0 Å². The summed E-state index contributed by atoms with van der Waals surface area (Å²) in [6, 6.07) is 36.2. The summed E-state index contributed by atoms with van der Waals surface area (Å²) in [5.74, 6) is 1.59. The first kappa shape index (κ1) is 30.2. The van der Waals surface area contributed by atoms with Gasteiger partial charge >= 0.3 is 0 Å². The van der Waals surface area contributed by atoms with Gasteiger partial charge in [0, 0.05) is 32.9 Å². The van der Waals surface area contributed by atoms with E-state index in [1.54, 1.807) is 12.2 Å². The summed E-state index contributed by atoms with van der Waals surface area (Å²) in [4.78, 5) is 14.8. The number of furan rings is 1. The zero-order valence-corrected chi connectivity index (χ0v) is 27.9. The predicted molar refractivity (Wildman–Crippen MR) is 204 cm³/mol. The van der Waals surface area contributed by atoms with Gasteiger partial charge in [-0.15, -0.1) is 0 Å². The first-order chi connectivity index (χ1) is 23.8. The Morgan fingerprint density at radius 2 is 1.39 bits per heavy atom. The Labute approximate surface area is 286 Å². The maximum absolute atomic E-state index is 6.44. The van der Waals surface area contributed by atoms with E-state index in [-0.39, 0.29) is 5.41 Å². The van der Waals surface area contributed by atoms with Gasteiger partial charge in [0.2, 0.25) is 0 Å². The molecular weight excluding hydrogens is 599 g/mol. The van der Waals surface area contributed by atoms with Gasteiger partial charge in [0.15, 0.2) is 17.5 Å². The molecule has 0 unspecified atom stereocenters. The van der Waals surface area contributed by atoms with Crippen molar-refractivity contribution in [3.05, 3.63) is 164 Å². The molecule has 0 saturated carbocycles. The van der Waals surface area contributed by atoms with Crippen molar-refractivity contribution in [3.63, 3.8) is 0 Å². The Morgan fingerprint density at radius 1 is 0.694 bits per heavy atom. The van der Waals surface area contributed by atoms with Crippen molar-refractivity contribution in [2.75, 3.05) is 0 Å². The minimum atomic E-state index is -0.134. The monoisotopic (exact) mass is 633 g/mol. The Kier molecular flexibility index (Phi) is 7.11. The lowest BCUT2D eigenvalue weighted by Crippen LogP contribution is -2.16. The summed E-state index contributed by atoms with van der Waals surface area (Å²) in [5, 5.41) is 1.97. The SMILES string of the molecule is C=C/C=C(\C)c1ccc(-c2nc(C(=C)C=C)nc(-c3cccc4oc5ccc(-c6cccc7c6C(C)(C)c6ccccc6-7)cc5c34)n2)cc1. The Morgan fingerprint density at radius 3 is 2.18 bits per heavy atom. The second kappa shape index (κ2) is 11.5. The van der Waals surface area contributed by atoms with Gasteiger partial charge in [-0.05, 0) is 69.6 Å². The molecule has 0 N–H and O–H groups in total. The number of aromatic nitrogens is 3. The van der Waals surface area contributed by atoms with Crippen LogP contribution in [0.4, 0.5) is 0 Å². The highest BCUT2D eigenvalue weighted by atomic mass is 16.3. The molecule has 0 atom stereocenters. The summed E-state index contributed by atoms with van der Waals surface area (Å²) >= 11 is 0. The molecule has 4 heteroatoms. The summed E-state index contributed by atoms with van der Waals surface area (Å²) in [7, 11) is 0. The maximum Gasteiger partial charge on any atom is 0.164 e. The van der Waals surface area contributed by atoms with Crippen LogP contribution in [0.5, 0.6) is 0 Å². The molecule has 4 nitrogen and oxygen atoms in total. The highest BCUT2D eigenvalue weighted by Crippen LogP contribution is 2.52. The van der Waals surface area contributed by atoms with Crippen molar-refractivity contribution in [1.82, 2.24) is 15.0 Å². The molecule has 0 spiro atoms. The van der Waals surface area contributed by atoms with E-state index in [1.165, 1.54) is 27.8 Å². The molecule has 7 aromatic rings. The molecule has 236 valence electrons. The molecule has 1 aliphatic carbocycles. The van der Waals surface area contributed by atoms with Crippen molar-refractivity contribution in [2.45, 2.75) is 26.2 Å². The average molecular weight is 634 g/mol. The summed E-state index contributed by atoms with van der Waals surface area (Å²) in [6.07, 6.45) is 5.46. The molecule has 0 amide bonds. The number of nitrogens with zero attached hydrogens (tertiary/aromatic N) is 3. The number of allylic oxidation sites excluding steroid dienone is 5. The van der Waals surface area contributed by atoms with E-state index in [2.05, 4.69) is 119 Å². The van der Waals surface area contributed by atoms with Gasteiger partial charge in [0.1, 0.15) is 11.2 Å². The third-order valence-corrected chi connectivity index (χ3v) is 9.76. The zero-order valence-electron chi connectivity index (χ0n) is 27.9. The second-order valence-corrected chi connectivity index (χ2v) is 13.1. The number of benzene rings is 5. The van der Waals surface area contributed by atoms with Crippen molar-refractivity contribution in [2.24, 2.45) is 0 Å². The molecule has 49 heavy (non-hydrogen) atoms. The summed E-state index contributed by atoms with van der Waals surface area (Å²) in [5.41, 5.74) is 13.7. The van der Waals surface area contributed by atoms with Crippen molar-refractivity contribution in [3.8, 4) is 45.0 Å². The third kappa shape index (κ3) is 4.87. The molecule has 1 aliphatic rings. The molecule has 2 aromatic heterocycles. The summed E-state index contributed by atoms with van der Waals surface area (Å²) in [6.45, 7) is 18.6. The van der Waals surface area contributed by atoms with Gasteiger partial charge in [-0.2, -0.15) is 0 Å². The van der Waals surface area contributed by atoms with Crippen LogP contribution >= 0.6 is 0 Å². The standard InChI is InChI=1S/C45H35N3O/c1-7-13-28(4)29-20-22-30(23-21-29)43-46-42(27(3)8-2)47-44(48-43)35-17-12-19-39-40(35)36-26-31(24-25-38(36)49-39)32-15-11-16-34-33-14-9-10-18-37(33)45(5,6)41(32)34/h7-26H,1-3H2,4-6H3/b28-13+. The molecular formula is C45H35N3O. The lowest BCUT2D eigenvalue weighted by molar-refractivity contribution is 0.662. The highest BCUT2D eigenvalue weighted by Gasteiger charge is 2.37. The van der Waals surface area contributed by atoms with E-state index in [9.17, 15) is 0 Å². The van der Waals surface area contributed by atoms with Crippen molar-refractivity contribution >= 4 is 33.1 Å². The van der Waals surface area contributed by atoms with Crippen LogP contribution < -0.4 is 0 Å². The Hall–Kier alpha value is -6.13. The van der Waals surface area contributed by atoms with E-state index >= 15 is 0 Å². The van der Waals surface area contributed by atoms with Gasteiger partial charge in [0.25, 0.3) is 0 Å². The number of hydrogen-bond acceptors (Lipinski definition) is 4. The molecule has 2 heterocycles. The fourth-order valence-electron chi connectivity index (χ4n) is 7.28. The maximum atomic E-state index is 6.44. The van der Waals surface area contributed by atoms with Gasteiger partial charge in [0.05, 0.1) is 0 Å². The van der Waals surface area contributed by atoms with E-state index in [0.29, 0.717) is 23.0 Å². The van der Waals surface area contributed by atoms with Crippen LogP contribution in [0.15, 0.2) is 146 Å². The molecule has 0 radical (unpaired) electrons. The normalized spacial score (nSPS) is 13.3. The van der Waals surface area contributed by atoms with Crippen LogP contribution in [0.1, 0.15) is 43.3 Å². The quantitative estimate of drug-likeness (QED) is 0.164. The number of hydrogen-bond donors (Lipinski definition) is 0.